The summed E-state index contributed by atoms with van der Waals surface area (Å²) in [5.41, 5.74) is 0.0863. The fourth-order valence-corrected chi connectivity index (χ4v) is 7.61. The molecule has 1 aromatic carbocycles. The first kappa shape index (κ1) is 29.0. The maximum absolute atomic E-state index is 13.6. The Labute approximate surface area is 231 Å². The standard InChI is InChI=1S/C24H31N5O7S3/c1-16-11-29(17(2)14-30)24(31)18-7-5-8-19(26-38(32,33)21-13-27(3)15-25-21)23(18)36-20(16)12-28(4)39(34,35)22-9-6-10-37-22/h5-10,13,15-17,20,26,30H,11-12,14H2,1-4H3/t16-,17+,20-/m1/s1. The number of para-hydroxylation sites is 1. The first-order valence-corrected chi connectivity index (χ1v) is 15.9. The quantitative estimate of drug-likeness (QED) is 0.379. The van der Waals surface area contributed by atoms with Gasteiger partial charge in [0.25, 0.3) is 26.0 Å². The van der Waals surface area contributed by atoms with Crippen molar-refractivity contribution in [3.63, 3.8) is 0 Å². The molecule has 0 saturated heterocycles. The van der Waals surface area contributed by atoms with E-state index in [-0.39, 0.29) is 45.9 Å². The van der Waals surface area contributed by atoms with Crippen molar-refractivity contribution in [1.82, 2.24) is 18.8 Å². The monoisotopic (exact) mass is 597 g/mol. The number of likely N-dealkylation sites (N-methyl/N-ethyl adjacent to an activating group) is 1. The molecule has 4 rings (SSSR count). The highest BCUT2D eigenvalue weighted by atomic mass is 32.2. The molecule has 15 heteroatoms. The van der Waals surface area contributed by atoms with Crippen molar-refractivity contribution in [2.24, 2.45) is 13.0 Å². The predicted octanol–water partition coefficient (Wildman–Crippen LogP) is 1.82. The van der Waals surface area contributed by atoms with Crippen LogP contribution in [0.25, 0.3) is 0 Å². The van der Waals surface area contributed by atoms with Crippen molar-refractivity contribution in [3.8, 4) is 5.75 Å². The largest absolute Gasteiger partial charge is 0.486 e. The van der Waals surface area contributed by atoms with E-state index in [4.69, 9.17) is 4.74 Å². The van der Waals surface area contributed by atoms with Crippen LogP contribution in [0, 0.1) is 5.92 Å². The summed E-state index contributed by atoms with van der Waals surface area (Å²) in [6, 6.07) is 7.10. The fourth-order valence-electron chi connectivity index (χ4n) is 4.18. The highest BCUT2D eigenvalue weighted by molar-refractivity contribution is 7.92. The van der Waals surface area contributed by atoms with Gasteiger partial charge in [-0.1, -0.05) is 19.1 Å². The van der Waals surface area contributed by atoms with Gasteiger partial charge in [-0.25, -0.2) is 13.4 Å². The van der Waals surface area contributed by atoms with Crippen molar-refractivity contribution < 1.29 is 31.5 Å². The summed E-state index contributed by atoms with van der Waals surface area (Å²) in [6.45, 7) is 3.33. The molecule has 3 atom stereocenters. The van der Waals surface area contributed by atoms with Crippen LogP contribution >= 0.6 is 11.3 Å². The normalized spacial score (nSPS) is 19.2. The van der Waals surface area contributed by atoms with Gasteiger partial charge in [0, 0.05) is 32.8 Å². The topological polar surface area (TPSA) is 151 Å². The highest BCUT2D eigenvalue weighted by Crippen LogP contribution is 2.36. The molecule has 1 amide bonds. The van der Waals surface area contributed by atoms with Crippen LogP contribution in [-0.4, -0.2) is 85.5 Å². The van der Waals surface area contributed by atoms with Gasteiger partial charge < -0.3 is 19.3 Å². The molecule has 0 bridgehead atoms. The number of ether oxygens (including phenoxy) is 1. The van der Waals surface area contributed by atoms with Gasteiger partial charge in [-0.2, -0.15) is 12.7 Å². The molecule has 0 spiro atoms. The van der Waals surface area contributed by atoms with E-state index in [0.717, 1.165) is 11.3 Å². The van der Waals surface area contributed by atoms with E-state index in [2.05, 4.69) is 9.71 Å². The molecule has 2 aromatic heterocycles. The van der Waals surface area contributed by atoms with Gasteiger partial charge in [0.2, 0.25) is 0 Å². The second-order valence-corrected chi connectivity index (χ2v) is 14.4. The zero-order valence-electron chi connectivity index (χ0n) is 21.9. The molecule has 1 aliphatic heterocycles. The highest BCUT2D eigenvalue weighted by Gasteiger charge is 2.36. The molecule has 2 N–H and O–H groups in total. The van der Waals surface area contributed by atoms with E-state index >= 15 is 0 Å². The first-order valence-electron chi connectivity index (χ1n) is 12.1. The molecule has 0 radical (unpaired) electrons. The number of anilines is 1. The van der Waals surface area contributed by atoms with Crippen LogP contribution in [0.1, 0.15) is 24.2 Å². The molecule has 3 heterocycles. The van der Waals surface area contributed by atoms with Crippen molar-refractivity contribution >= 4 is 43.0 Å². The summed E-state index contributed by atoms with van der Waals surface area (Å²) in [6.07, 6.45) is 1.91. The molecular formula is C24H31N5O7S3. The summed E-state index contributed by atoms with van der Waals surface area (Å²) in [5, 5.41) is 11.3. The van der Waals surface area contributed by atoms with Gasteiger partial charge in [0.05, 0.1) is 36.8 Å². The number of amides is 1. The number of thiophene rings is 1. The third-order valence-corrected chi connectivity index (χ3v) is 10.9. The lowest BCUT2D eigenvalue weighted by Gasteiger charge is -2.38. The van der Waals surface area contributed by atoms with Crippen LogP contribution in [0.5, 0.6) is 5.75 Å². The SMILES string of the molecule is C[C@@H]1CN([C@@H](C)CO)C(=O)c2cccc(NS(=O)(=O)c3cn(C)cn3)c2O[C@@H]1CN(C)S(=O)(=O)c1cccs1. The Morgan fingerprint density at radius 1 is 1.26 bits per heavy atom. The van der Waals surface area contributed by atoms with Crippen LogP contribution in [0.4, 0.5) is 5.69 Å². The minimum Gasteiger partial charge on any atom is -0.486 e. The number of nitrogens with one attached hydrogen (secondary N) is 1. The molecule has 12 nitrogen and oxygen atoms in total. The summed E-state index contributed by atoms with van der Waals surface area (Å²) < 4.78 is 64.1. The van der Waals surface area contributed by atoms with Crippen LogP contribution in [0.3, 0.4) is 0 Å². The number of carbonyl (C=O) groups is 1. The molecule has 39 heavy (non-hydrogen) atoms. The maximum atomic E-state index is 13.6. The minimum atomic E-state index is -4.14. The number of aryl methyl sites for hydroxylation is 1. The van der Waals surface area contributed by atoms with E-state index in [1.165, 1.54) is 57.6 Å². The van der Waals surface area contributed by atoms with Gasteiger partial charge in [-0.05, 0) is 30.5 Å². The lowest BCUT2D eigenvalue weighted by molar-refractivity contribution is 0.0389. The Balaban J connectivity index is 1.76. The zero-order valence-corrected chi connectivity index (χ0v) is 24.3. The van der Waals surface area contributed by atoms with E-state index in [1.807, 2.05) is 6.92 Å². The first-order chi connectivity index (χ1) is 18.3. The van der Waals surface area contributed by atoms with E-state index in [1.54, 1.807) is 25.4 Å². The average Bonchev–Trinajstić information content (AvgIpc) is 3.59. The summed E-state index contributed by atoms with van der Waals surface area (Å²) in [5.74, 6) is -0.872. The Kier molecular flexibility index (Phi) is 8.37. The Hall–Kier alpha value is -2.98. The Morgan fingerprint density at radius 3 is 2.62 bits per heavy atom. The number of aliphatic hydroxyl groups is 1. The number of hydrogen-bond acceptors (Lipinski definition) is 9. The van der Waals surface area contributed by atoms with Crippen LogP contribution in [0.15, 0.2) is 57.5 Å². The number of benzene rings is 1. The van der Waals surface area contributed by atoms with Gasteiger partial charge in [-0.3, -0.25) is 9.52 Å². The number of sulfonamides is 2. The number of aliphatic hydroxyl groups excluding tert-OH is 1. The van der Waals surface area contributed by atoms with Crippen molar-refractivity contribution in [3.05, 3.63) is 53.8 Å². The van der Waals surface area contributed by atoms with E-state index < -0.39 is 44.0 Å². The fraction of sp³-hybridized carbons (Fsp3) is 0.417. The average molecular weight is 598 g/mol. The number of aromatic nitrogens is 2. The third kappa shape index (κ3) is 5.96. The van der Waals surface area contributed by atoms with Gasteiger partial charge in [0.15, 0.2) is 10.8 Å². The lowest BCUT2D eigenvalue weighted by atomic mass is 9.99. The minimum absolute atomic E-state index is 0.00553. The summed E-state index contributed by atoms with van der Waals surface area (Å²) >= 11 is 1.10. The van der Waals surface area contributed by atoms with Crippen LogP contribution < -0.4 is 9.46 Å². The maximum Gasteiger partial charge on any atom is 0.281 e. The van der Waals surface area contributed by atoms with Gasteiger partial charge >= 0.3 is 0 Å². The lowest BCUT2D eigenvalue weighted by Crippen LogP contribution is -2.50. The van der Waals surface area contributed by atoms with Crippen molar-refractivity contribution in [2.75, 3.05) is 31.5 Å². The number of nitrogens with zero attached hydrogens (tertiary/aromatic N) is 4. The van der Waals surface area contributed by atoms with E-state index in [9.17, 15) is 26.7 Å². The van der Waals surface area contributed by atoms with Gasteiger partial charge in [0.1, 0.15) is 10.3 Å². The van der Waals surface area contributed by atoms with E-state index in [0.29, 0.717) is 0 Å². The number of carbonyl (C=O) groups excluding carboxylic acids is 1. The molecule has 0 saturated carbocycles. The molecular weight excluding hydrogens is 566 g/mol. The second kappa shape index (κ2) is 11.3. The van der Waals surface area contributed by atoms with Crippen LogP contribution in [0.2, 0.25) is 0 Å². The molecule has 0 aliphatic carbocycles. The second-order valence-electron chi connectivity index (χ2n) is 9.51. The molecule has 1 aliphatic rings. The molecule has 3 aromatic rings. The number of hydrogen-bond donors (Lipinski definition) is 2. The molecule has 0 fully saturated rings. The molecule has 0 unspecified atom stereocenters. The summed E-state index contributed by atoms with van der Waals surface area (Å²) in [4.78, 5) is 19.0. The Bertz CT molecular complexity index is 1540. The van der Waals surface area contributed by atoms with Gasteiger partial charge in [-0.15, -0.1) is 11.3 Å². The van der Waals surface area contributed by atoms with Crippen molar-refractivity contribution in [1.29, 1.82) is 0 Å². The number of imidazole rings is 1. The van der Waals surface area contributed by atoms with Crippen LogP contribution in [-0.2, 0) is 27.1 Å². The number of rotatable bonds is 9. The molecule has 212 valence electrons. The predicted molar refractivity (Wildman–Crippen MR) is 146 cm³/mol. The van der Waals surface area contributed by atoms with Crippen molar-refractivity contribution in [2.45, 2.75) is 35.2 Å². The number of fused-ring (bicyclic) bond motifs is 1. The summed E-state index contributed by atoms with van der Waals surface area (Å²) in [7, 11) is -4.86. The third-order valence-electron chi connectivity index (χ3n) is 6.49. The zero-order chi connectivity index (χ0) is 28.5. The Morgan fingerprint density at radius 2 is 2.00 bits per heavy atom. The smallest absolute Gasteiger partial charge is 0.281 e.